The Morgan fingerprint density at radius 3 is 1.68 bits per heavy atom. The van der Waals surface area contributed by atoms with Crippen molar-refractivity contribution >= 4 is 32.8 Å². The van der Waals surface area contributed by atoms with Gasteiger partial charge < -0.3 is 4.42 Å². The molecule has 9 aromatic rings. The molecule has 4 heterocycles. The Bertz CT molecular complexity index is 2520. The summed E-state index contributed by atoms with van der Waals surface area (Å²) < 4.78 is 6.30. The molecular formula is C40H24N6O. The Labute approximate surface area is 269 Å². The fourth-order valence-corrected chi connectivity index (χ4v) is 5.89. The summed E-state index contributed by atoms with van der Waals surface area (Å²) in [5, 5.41) is 3.92. The van der Waals surface area contributed by atoms with Gasteiger partial charge in [0.25, 0.3) is 0 Å². The normalized spacial score (nSPS) is 11.4. The maximum Gasteiger partial charge on any atom is 0.231 e. The van der Waals surface area contributed by atoms with Crippen molar-refractivity contribution in [1.29, 1.82) is 0 Å². The lowest BCUT2D eigenvalue weighted by Crippen LogP contribution is -2.00. The van der Waals surface area contributed by atoms with E-state index in [2.05, 4.69) is 18.2 Å². The SMILES string of the molecule is c1ccc(-c2nc(-c3ccccc3)nc(-c3cccc(-c4nc(-c5cc6ccccc6cn5)c5c(n4)oc4ccccc45)c3)n2)cc1. The van der Waals surface area contributed by atoms with Gasteiger partial charge in [0.1, 0.15) is 11.3 Å². The van der Waals surface area contributed by atoms with Crippen LogP contribution in [0.3, 0.4) is 0 Å². The maximum absolute atomic E-state index is 6.30. The molecule has 0 unspecified atom stereocenters. The molecule has 220 valence electrons. The number of fused-ring (bicyclic) bond motifs is 4. The third-order valence-electron chi connectivity index (χ3n) is 8.19. The van der Waals surface area contributed by atoms with Crippen LogP contribution in [0.1, 0.15) is 0 Å². The van der Waals surface area contributed by atoms with Gasteiger partial charge in [-0.15, -0.1) is 0 Å². The highest BCUT2D eigenvalue weighted by atomic mass is 16.3. The van der Waals surface area contributed by atoms with E-state index < -0.39 is 0 Å². The van der Waals surface area contributed by atoms with Gasteiger partial charge in [-0.05, 0) is 23.6 Å². The van der Waals surface area contributed by atoms with Crippen molar-refractivity contribution in [2.45, 2.75) is 0 Å². The third-order valence-corrected chi connectivity index (χ3v) is 8.19. The monoisotopic (exact) mass is 604 g/mol. The summed E-state index contributed by atoms with van der Waals surface area (Å²) in [6, 6.07) is 46.0. The molecule has 0 amide bonds. The summed E-state index contributed by atoms with van der Waals surface area (Å²) in [6.45, 7) is 0. The molecule has 7 heteroatoms. The Morgan fingerprint density at radius 1 is 0.426 bits per heavy atom. The van der Waals surface area contributed by atoms with Crippen LogP contribution < -0.4 is 0 Å². The smallest absolute Gasteiger partial charge is 0.231 e. The van der Waals surface area contributed by atoms with Crippen LogP contribution in [0, 0.1) is 0 Å². The summed E-state index contributed by atoms with van der Waals surface area (Å²) in [5.41, 5.74) is 6.15. The van der Waals surface area contributed by atoms with Crippen molar-refractivity contribution in [3.05, 3.63) is 146 Å². The zero-order valence-electron chi connectivity index (χ0n) is 24.9. The predicted octanol–water partition coefficient (Wildman–Crippen LogP) is 9.44. The van der Waals surface area contributed by atoms with Gasteiger partial charge in [-0.25, -0.2) is 19.9 Å². The second-order valence-corrected chi connectivity index (χ2v) is 11.2. The molecular weight excluding hydrogens is 580 g/mol. The van der Waals surface area contributed by atoms with E-state index in [-0.39, 0.29) is 0 Å². The summed E-state index contributed by atoms with van der Waals surface area (Å²) in [6.07, 6.45) is 1.89. The van der Waals surface area contributed by atoms with Crippen LogP contribution in [-0.4, -0.2) is 29.9 Å². The van der Waals surface area contributed by atoms with Crippen LogP contribution in [0.5, 0.6) is 0 Å². The van der Waals surface area contributed by atoms with Crippen LogP contribution in [0.25, 0.3) is 89.8 Å². The number of furan rings is 1. The lowest BCUT2D eigenvalue weighted by atomic mass is 10.1. The molecule has 7 nitrogen and oxygen atoms in total. The van der Waals surface area contributed by atoms with Crippen LogP contribution in [0.4, 0.5) is 0 Å². The summed E-state index contributed by atoms with van der Waals surface area (Å²) in [5.74, 6) is 2.28. The third kappa shape index (κ3) is 4.87. The van der Waals surface area contributed by atoms with Crippen LogP contribution in [-0.2, 0) is 0 Å². The highest BCUT2D eigenvalue weighted by molar-refractivity contribution is 6.10. The van der Waals surface area contributed by atoms with E-state index in [1.54, 1.807) is 0 Å². The molecule has 0 atom stereocenters. The van der Waals surface area contributed by atoms with Crippen LogP contribution in [0.2, 0.25) is 0 Å². The van der Waals surface area contributed by atoms with E-state index in [1.165, 1.54) is 0 Å². The van der Waals surface area contributed by atoms with Crippen molar-refractivity contribution in [2.24, 2.45) is 0 Å². The number of aromatic nitrogens is 6. The van der Waals surface area contributed by atoms with E-state index in [0.717, 1.165) is 55.1 Å². The van der Waals surface area contributed by atoms with E-state index in [4.69, 9.17) is 34.3 Å². The highest BCUT2D eigenvalue weighted by Gasteiger charge is 2.20. The molecule has 0 saturated heterocycles. The van der Waals surface area contributed by atoms with Gasteiger partial charge in [0.05, 0.1) is 11.1 Å². The number of nitrogens with zero attached hydrogens (tertiary/aromatic N) is 6. The Balaban J connectivity index is 1.23. The number of rotatable bonds is 5. The first-order chi connectivity index (χ1) is 23.3. The molecule has 0 radical (unpaired) electrons. The fraction of sp³-hybridized carbons (Fsp3) is 0. The largest absolute Gasteiger partial charge is 0.438 e. The number of benzene rings is 5. The minimum Gasteiger partial charge on any atom is -0.438 e. The second-order valence-electron chi connectivity index (χ2n) is 11.2. The molecule has 0 aliphatic heterocycles. The fourth-order valence-electron chi connectivity index (χ4n) is 5.89. The van der Waals surface area contributed by atoms with Gasteiger partial charge >= 0.3 is 0 Å². The van der Waals surface area contributed by atoms with Gasteiger partial charge in [-0.3, -0.25) is 4.98 Å². The van der Waals surface area contributed by atoms with Crippen molar-refractivity contribution in [1.82, 2.24) is 29.9 Å². The molecule has 0 spiro atoms. The standard InChI is InChI=1S/C40H24N6O/c1-3-12-25(13-4-1)36-43-37(26-14-5-2-6-15-26)45-39(44-36)29-19-11-18-28(22-29)38-42-35(32-23-27-16-7-8-17-30(27)24-41-32)34-31-20-9-10-21-33(31)47-40(34)46-38/h1-24H. The van der Waals surface area contributed by atoms with Gasteiger partial charge in [-0.1, -0.05) is 121 Å². The molecule has 5 aromatic carbocycles. The molecule has 0 aliphatic carbocycles. The van der Waals surface area contributed by atoms with Gasteiger partial charge in [0.15, 0.2) is 23.3 Å². The summed E-state index contributed by atoms with van der Waals surface area (Å²) in [4.78, 5) is 29.6. The molecule has 4 aromatic heterocycles. The van der Waals surface area contributed by atoms with Gasteiger partial charge in [-0.2, -0.15) is 4.98 Å². The minimum absolute atomic E-state index is 0.504. The lowest BCUT2D eigenvalue weighted by Gasteiger charge is -2.10. The van der Waals surface area contributed by atoms with E-state index in [1.807, 2.05) is 128 Å². The molecule has 0 fully saturated rings. The molecule has 47 heavy (non-hydrogen) atoms. The molecule has 0 aliphatic rings. The maximum atomic E-state index is 6.30. The first-order valence-electron chi connectivity index (χ1n) is 15.3. The average molecular weight is 605 g/mol. The van der Waals surface area contributed by atoms with Gasteiger partial charge in [0, 0.05) is 39.2 Å². The zero-order chi connectivity index (χ0) is 31.2. The molecule has 0 bridgehead atoms. The number of para-hydroxylation sites is 1. The first kappa shape index (κ1) is 26.8. The second kappa shape index (κ2) is 11.1. The van der Waals surface area contributed by atoms with Crippen molar-refractivity contribution < 1.29 is 4.42 Å². The topological polar surface area (TPSA) is 90.5 Å². The zero-order valence-corrected chi connectivity index (χ0v) is 24.9. The van der Waals surface area contributed by atoms with E-state index in [9.17, 15) is 0 Å². The average Bonchev–Trinajstić information content (AvgIpc) is 3.53. The Hall–Kier alpha value is -6.60. The van der Waals surface area contributed by atoms with Crippen LogP contribution in [0.15, 0.2) is 150 Å². The molecule has 9 rings (SSSR count). The summed E-state index contributed by atoms with van der Waals surface area (Å²) in [7, 11) is 0. The molecule has 0 N–H and O–H groups in total. The van der Waals surface area contributed by atoms with Crippen molar-refractivity contribution in [3.8, 4) is 56.9 Å². The lowest BCUT2D eigenvalue weighted by molar-refractivity contribution is 0.653. The highest BCUT2D eigenvalue weighted by Crippen LogP contribution is 2.37. The minimum atomic E-state index is 0.504. The molecule has 0 saturated carbocycles. The summed E-state index contributed by atoms with van der Waals surface area (Å²) >= 11 is 0. The Kier molecular flexibility index (Phi) is 6.31. The number of pyridine rings is 1. The van der Waals surface area contributed by atoms with Crippen LogP contribution >= 0.6 is 0 Å². The first-order valence-corrected chi connectivity index (χ1v) is 15.3. The number of hydrogen-bond donors (Lipinski definition) is 0. The Morgan fingerprint density at radius 2 is 0.979 bits per heavy atom. The number of hydrogen-bond acceptors (Lipinski definition) is 7. The quantitative estimate of drug-likeness (QED) is 0.193. The van der Waals surface area contributed by atoms with E-state index in [0.29, 0.717) is 34.7 Å². The van der Waals surface area contributed by atoms with Crippen molar-refractivity contribution in [3.63, 3.8) is 0 Å². The van der Waals surface area contributed by atoms with Gasteiger partial charge in [0.2, 0.25) is 5.71 Å². The van der Waals surface area contributed by atoms with E-state index >= 15 is 0 Å². The predicted molar refractivity (Wildman–Crippen MR) is 185 cm³/mol. The van der Waals surface area contributed by atoms with Crippen molar-refractivity contribution in [2.75, 3.05) is 0 Å².